The summed E-state index contributed by atoms with van der Waals surface area (Å²) in [6.45, 7) is 0. The van der Waals surface area contributed by atoms with Crippen LogP contribution in [0.25, 0.3) is 109 Å². The van der Waals surface area contributed by atoms with Gasteiger partial charge in [0.15, 0.2) is 0 Å². The summed E-state index contributed by atoms with van der Waals surface area (Å²) in [6, 6.07) is 100. The number of fused-ring (bicyclic) bond motifs is 7. The smallest absolute Gasteiger partial charge is 0.0468 e. The van der Waals surface area contributed by atoms with Crippen molar-refractivity contribution in [3.8, 4) is 55.6 Å². The van der Waals surface area contributed by atoms with Gasteiger partial charge in [0.2, 0.25) is 0 Å². The van der Waals surface area contributed by atoms with E-state index in [-0.39, 0.29) is 0 Å². The van der Waals surface area contributed by atoms with Crippen LogP contribution >= 0.6 is 0 Å². The van der Waals surface area contributed by atoms with Crippen LogP contribution in [0, 0.1) is 0 Å². The van der Waals surface area contributed by atoms with Gasteiger partial charge in [0.1, 0.15) is 0 Å². The summed E-state index contributed by atoms with van der Waals surface area (Å²) in [5.41, 5.74) is 15.4. The average molecular weight is 876 g/mol. The quantitative estimate of drug-likeness (QED) is 0.138. The Kier molecular flexibility index (Phi) is 9.91. The van der Waals surface area contributed by atoms with Crippen molar-refractivity contribution in [1.29, 1.82) is 0 Å². The van der Waals surface area contributed by atoms with Gasteiger partial charge in [0.25, 0.3) is 0 Å². The highest BCUT2D eigenvalue weighted by Crippen LogP contribution is 2.46. The molecule has 322 valence electrons. The van der Waals surface area contributed by atoms with Gasteiger partial charge in [-0.25, -0.2) is 0 Å². The predicted molar refractivity (Wildman–Crippen MR) is 296 cm³/mol. The Balaban J connectivity index is 0.931. The second-order valence-electron chi connectivity index (χ2n) is 18.0. The maximum absolute atomic E-state index is 2.41. The lowest BCUT2D eigenvalue weighted by atomic mass is 9.84. The number of benzene rings is 13. The average Bonchev–Trinajstić information content (AvgIpc) is 3.43. The van der Waals surface area contributed by atoms with E-state index in [1.54, 1.807) is 0 Å². The summed E-state index contributed by atoms with van der Waals surface area (Å²) < 4.78 is 0. The number of hydrogen-bond acceptors (Lipinski definition) is 1. The zero-order valence-corrected chi connectivity index (χ0v) is 37.9. The molecule has 0 saturated carbocycles. The molecule has 0 fully saturated rings. The molecule has 0 aliphatic rings. The standard InChI is InChI=1S/C68H45N/c1-4-15-46(16-5-1)52-27-28-54-44-58(40-33-53(54)43-52)69(57-38-31-49(32-39-57)60-25-14-26-61-59-22-11-10-17-48(59)34-41-63(60)61)56-36-29-47(30-37-56)55-35-42-64-62-23-12-13-24-65(62)67(50-18-6-2-7-19-50)68(66(64)45-55)51-20-8-3-9-21-51/h1-45H. The van der Waals surface area contributed by atoms with Gasteiger partial charge < -0.3 is 4.90 Å². The van der Waals surface area contributed by atoms with Crippen molar-refractivity contribution in [3.63, 3.8) is 0 Å². The van der Waals surface area contributed by atoms with E-state index in [0.717, 1.165) is 17.1 Å². The second-order valence-corrected chi connectivity index (χ2v) is 18.0. The zero-order chi connectivity index (χ0) is 45.7. The fraction of sp³-hybridized carbons (Fsp3) is 0. The molecule has 1 nitrogen and oxygen atoms in total. The Labute approximate surface area is 402 Å². The molecule has 0 radical (unpaired) electrons. The van der Waals surface area contributed by atoms with E-state index < -0.39 is 0 Å². The molecule has 13 rings (SSSR count). The van der Waals surface area contributed by atoms with E-state index >= 15 is 0 Å². The van der Waals surface area contributed by atoms with Crippen molar-refractivity contribution < 1.29 is 0 Å². The molecule has 0 atom stereocenters. The Morgan fingerprint density at radius 2 is 0.623 bits per heavy atom. The molecule has 13 aromatic carbocycles. The van der Waals surface area contributed by atoms with Crippen LogP contribution in [0.15, 0.2) is 273 Å². The van der Waals surface area contributed by atoms with Crippen LogP contribution in [0.4, 0.5) is 17.1 Å². The summed E-state index contributed by atoms with van der Waals surface area (Å²) in [4.78, 5) is 2.39. The van der Waals surface area contributed by atoms with E-state index in [2.05, 4.69) is 278 Å². The molecule has 0 saturated heterocycles. The molecule has 69 heavy (non-hydrogen) atoms. The van der Waals surface area contributed by atoms with Crippen LogP contribution < -0.4 is 4.90 Å². The third-order valence-electron chi connectivity index (χ3n) is 14.0. The van der Waals surface area contributed by atoms with Crippen molar-refractivity contribution in [1.82, 2.24) is 0 Å². The lowest BCUT2D eigenvalue weighted by Crippen LogP contribution is -2.09. The van der Waals surface area contributed by atoms with Gasteiger partial charge in [-0.2, -0.15) is 0 Å². The molecule has 13 aromatic rings. The van der Waals surface area contributed by atoms with Gasteiger partial charge in [0, 0.05) is 17.1 Å². The molecule has 0 aromatic heterocycles. The third-order valence-corrected chi connectivity index (χ3v) is 14.0. The normalized spacial score (nSPS) is 11.5. The second kappa shape index (κ2) is 17.0. The molecule has 0 spiro atoms. The van der Waals surface area contributed by atoms with E-state index in [0.29, 0.717) is 0 Å². The van der Waals surface area contributed by atoms with Crippen LogP contribution in [-0.4, -0.2) is 0 Å². The number of nitrogens with zero attached hydrogens (tertiary/aromatic N) is 1. The Morgan fingerprint density at radius 1 is 0.188 bits per heavy atom. The van der Waals surface area contributed by atoms with E-state index in [1.165, 1.54) is 109 Å². The topological polar surface area (TPSA) is 3.24 Å². The van der Waals surface area contributed by atoms with Crippen molar-refractivity contribution in [2.75, 3.05) is 4.90 Å². The minimum absolute atomic E-state index is 1.09. The molecule has 0 bridgehead atoms. The summed E-state index contributed by atoms with van der Waals surface area (Å²) in [7, 11) is 0. The molecule has 0 N–H and O–H groups in total. The van der Waals surface area contributed by atoms with Crippen LogP contribution in [-0.2, 0) is 0 Å². The first-order valence-corrected chi connectivity index (χ1v) is 23.8. The first-order valence-electron chi connectivity index (χ1n) is 23.8. The molecule has 0 aliphatic carbocycles. The first kappa shape index (κ1) is 40.3. The van der Waals surface area contributed by atoms with Crippen LogP contribution in [0.1, 0.15) is 0 Å². The maximum atomic E-state index is 2.41. The third kappa shape index (κ3) is 7.20. The lowest BCUT2D eigenvalue weighted by Gasteiger charge is -2.26. The molecule has 0 amide bonds. The molecule has 0 unspecified atom stereocenters. The fourth-order valence-corrected chi connectivity index (χ4v) is 10.7. The monoisotopic (exact) mass is 875 g/mol. The number of anilines is 3. The highest BCUT2D eigenvalue weighted by molar-refractivity contribution is 6.22. The summed E-state index contributed by atoms with van der Waals surface area (Å²) >= 11 is 0. The SMILES string of the molecule is c1ccc(-c2ccc3cc(N(c4ccc(-c5ccc6c(c5)c(-c5ccccc5)c(-c5ccccc5)c5ccccc56)cc4)c4ccc(-c5cccc6c5ccc5ccccc56)cc4)ccc3c2)cc1. The Morgan fingerprint density at radius 3 is 1.33 bits per heavy atom. The Hall–Kier alpha value is -9.04. The lowest BCUT2D eigenvalue weighted by molar-refractivity contribution is 1.29. The van der Waals surface area contributed by atoms with Gasteiger partial charge in [-0.1, -0.05) is 224 Å². The van der Waals surface area contributed by atoms with E-state index in [1.807, 2.05) is 0 Å². The van der Waals surface area contributed by atoms with Gasteiger partial charge >= 0.3 is 0 Å². The van der Waals surface area contributed by atoms with Gasteiger partial charge in [0.05, 0.1) is 0 Å². The largest absolute Gasteiger partial charge is 0.310 e. The Bertz CT molecular complexity index is 4030. The fourth-order valence-electron chi connectivity index (χ4n) is 10.7. The van der Waals surface area contributed by atoms with Crippen molar-refractivity contribution in [2.45, 2.75) is 0 Å². The maximum Gasteiger partial charge on any atom is 0.0468 e. The number of hydrogen-bond donors (Lipinski definition) is 0. The van der Waals surface area contributed by atoms with E-state index in [9.17, 15) is 0 Å². The molecule has 0 heterocycles. The molecular weight excluding hydrogens is 831 g/mol. The number of rotatable bonds is 8. The van der Waals surface area contributed by atoms with Gasteiger partial charge in [-0.3, -0.25) is 0 Å². The van der Waals surface area contributed by atoms with Crippen molar-refractivity contribution in [2.24, 2.45) is 0 Å². The van der Waals surface area contributed by atoms with Crippen molar-refractivity contribution >= 4 is 70.9 Å². The van der Waals surface area contributed by atoms with Gasteiger partial charge in [-0.15, -0.1) is 0 Å². The van der Waals surface area contributed by atoms with Gasteiger partial charge in [-0.05, 0) is 158 Å². The summed E-state index contributed by atoms with van der Waals surface area (Å²) in [6.07, 6.45) is 0. The summed E-state index contributed by atoms with van der Waals surface area (Å²) in [5.74, 6) is 0. The summed E-state index contributed by atoms with van der Waals surface area (Å²) in [5, 5.41) is 12.5. The minimum atomic E-state index is 1.09. The van der Waals surface area contributed by atoms with Crippen LogP contribution in [0.2, 0.25) is 0 Å². The molecule has 0 aliphatic heterocycles. The van der Waals surface area contributed by atoms with Crippen molar-refractivity contribution in [3.05, 3.63) is 273 Å². The van der Waals surface area contributed by atoms with Crippen LogP contribution in [0.3, 0.4) is 0 Å². The first-order chi connectivity index (χ1) is 34.2. The van der Waals surface area contributed by atoms with E-state index in [4.69, 9.17) is 0 Å². The van der Waals surface area contributed by atoms with Crippen LogP contribution in [0.5, 0.6) is 0 Å². The highest BCUT2D eigenvalue weighted by atomic mass is 15.1. The minimum Gasteiger partial charge on any atom is -0.310 e. The predicted octanol–water partition coefficient (Wildman–Crippen LogP) is 19.3. The zero-order valence-electron chi connectivity index (χ0n) is 37.9. The highest BCUT2D eigenvalue weighted by Gasteiger charge is 2.19. The molecule has 1 heteroatoms. The molecular formula is C68H45N.